The van der Waals surface area contributed by atoms with Crippen molar-refractivity contribution < 1.29 is 18.9 Å². The predicted molar refractivity (Wildman–Crippen MR) is 131 cm³/mol. The molecule has 1 aromatic heterocycles. The van der Waals surface area contributed by atoms with Gasteiger partial charge in [-0.2, -0.15) is 5.10 Å². The Kier molecular flexibility index (Phi) is 5.99. The lowest BCUT2D eigenvalue weighted by Crippen LogP contribution is -2.36. The van der Waals surface area contributed by atoms with Gasteiger partial charge in [-0.1, -0.05) is 6.07 Å². The Bertz CT molecular complexity index is 1460. The summed E-state index contributed by atoms with van der Waals surface area (Å²) in [5.74, 6) is -1.08. The van der Waals surface area contributed by atoms with Crippen LogP contribution in [0.15, 0.2) is 79.0 Å². The predicted octanol–water partition coefficient (Wildman–Crippen LogP) is 4.76. The Balaban J connectivity index is 1.38. The summed E-state index contributed by atoms with van der Waals surface area (Å²) in [6, 6.07) is 18.1. The number of fused-ring (bicyclic) bond motifs is 1. The first-order chi connectivity index (χ1) is 17.4. The second kappa shape index (κ2) is 9.41. The topological polar surface area (TPSA) is 110 Å². The van der Waals surface area contributed by atoms with Crippen LogP contribution in [0, 0.1) is 15.9 Å². The third-order valence-electron chi connectivity index (χ3n) is 5.98. The van der Waals surface area contributed by atoms with E-state index in [0.29, 0.717) is 42.0 Å². The number of non-ortho nitro benzene ring substituents is 1. The molecule has 0 bridgehead atoms. The van der Waals surface area contributed by atoms with E-state index in [9.17, 15) is 24.1 Å². The summed E-state index contributed by atoms with van der Waals surface area (Å²) in [5, 5.41) is 18.1. The van der Waals surface area contributed by atoms with Crippen LogP contribution in [0.25, 0.3) is 5.69 Å². The maximum atomic E-state index is 13.4. The number of amides is 2. The van der Waals surface area contributed by atoms with Gasteiger partial charge in [-0.05, 0) is 73.0 Å². The summed E-state index contributed by atoms with van der Waals surface area (Å²) in [6.45, 7) is 0.492. The monoisotopic (exact) mass is 485 g/mol. The Morgan fingerprint density at radius 3 is 2.47 bits per heavy atom. The summed E-state index contributed by atoms with van der Waals surface area (Å²) in [5.41, 5.74) is 3.22. The molecule has 0 spiro atoms. The standard InChI is InChI=1S/C26H20FN5O4/c27-18-8-6-17(7-9-18)25(33)28-22-4-1-5-24-21(22)3-2-15-30(24)26(34)23-14-16-31(29-23)19-10-12-20(13-11-19)32(35)36/h1,4-14,16H,2-3,15H2,(H,28,33). The van der Waals surface area contributed by atoms with Gasteiger partial charge < -0.3 is 10.2 Å². The normalized spacial score (nSPS) is 12.6. The second-order valence-electron chi connectivity index (χ2n) is 8.24. The second-order valence-corrected chi connectivity index (χ2v) is 8.24. The maximum absolute atomic E-state index is 13.4. The summed E-state index contributed by atoms with van der Waals surface area (Å²) in [7, 11) is 0. The van der Waals surface area contributed by atoms with E-state index in [1.165, 1.54) is 41.1 Å². The fourth-order valence-corrected chi connectivity index (χ4v) is 4.20. The van der Waals surface area contributed by atoms with Crippen molar-refractivity contribution in [2.45, 2.75) is 12.8 Å². The molecular formula is C26H20FN5O4. The molecule has 0 aliphatic carbocycles. The Labute approximate surface area is 204 Å². The van der Waals surface area contributed by atoms with Gasteiger partial charge >= 0.3 is 0 Å². The van der Waals surface area contributed by atoms with Gasteiger partial charge in [0.05, 0.1) is 10.6 Å². The summed E-state index contributed by atoms with van der Waals surface area (Å²) in [6.07, 6.45) is 3.00. The zero-order chi connectivity index (χ0) is 25.2. The van der Waals surface area contributed by atoms with Crippen molar-refractivity contribution in [1.82, 2.24) is 9.78 Å². The van der Waals surface area contributed by atoms with E-state index < -0.39 is 10.7 Å². The highest BCUT2D eigenvalue weighted by molar-refractivity contribution is 6.08. The number of halogens is 1. The summed E-state index contributed by atoms with van der Waals surface area (Å²) in [4.78, 5) is 38.1. The number of benzene rings is 3. The minimum Gasteiger partial charge on any atom is -0.322 e. The first kappa shape index (κ1) is 22.9. The van der Waals surface area contributed by atoms with E-state index in [1.807, 2.05) is 6.07 Å². The zero-order valence-electron chi connectivity index (χ0n) is 18.9. The fraction of sp³-hybridized carbons (Fsp3) is 0.115. The van der Waals surface area contributed by atoms with Crippen LogP contribution in [-0.4, -0.2) is 33.1 Å². The molecule has 5 rings (SSSR count). The van der Waals surface area contributed by atoms with Crippen LogP contribution in [0.3, 0.4) is 0 Å². The molecule has 1 aliphatic rings. The lowest BCUT2D eigenvalue weighted by Gasteiger charge is -2.30. The van der Waals surface area contributed by atoms with Crippen molar-refractivity contribution in [3.05, 3.63) is 112 Å². The van der Waals surface area contributed by atoms with Gasteiger partial charge in [-0.3, -0.25) is 19.7 Å². The quantitative estimate of drug-likeness (QED) is 0.324. The van der Waals surface area contributed by atoms with E-state index in [-0.39, 0.29) is 23.2 Å². The SMILES string of the molecule is O=C(Nc1cccc2c1CCCN2C(=O)c1ccn(-c2ccc([N+](=O)[O-])cc2)n1)c1ccc(F)cc1. The number of anilines is 2. The van der Waals surface area contributed by atoms with Crippen molar-refractivity contribution in [2.75, 3.05) is 16.8 Å². The average molecular weight is 485 g/mol. The van der Waals surface area contributed by atoms with Gasteiger partial charge in [0.25, 0.3) is 17.5 Å². The Morgan fingerprint density at radius 2 is 1.75 bits per heavy atom. The number of nitrogens with one attached hydrogen (secondary N) is 1. The molecule has 4 aromatic rings. The van der Waals surface area contributed by atoms with Crippen LogP contribution in [0.5, 0.6) is 0 Å². The average Bonchev–Trinajstić information content (AvgIpc) is 3.39. The minimum absolute atomic E-state index is 0.0329. The molecule has 9 nitrogen and oxygen atoms in total. The van der Waals surface area contributed by atoms with Crippen LogP contribution in [-0.2, 0) is 6.42 Å². The third-order valence-corrected chi connectivity index (χ3v) is 5.98. The summed E-state index contributed by atoms with van der Waals surface area (Å²) < 4.78 is 14.7. The molecule has 0 fully saturated rings. The number of hydrogen-bond acceptors (Lipinski definition) is 5. The number of aromatic nitrogens is 2. The number of nitro benzene ring substituents is 1. The molecule has 3 aromatic carbocycles. The van der Waals surface area contributed by atoms with Crippen molar-refractivity contribution >= 4 is 28.9 Å². The maximum Gasteiger partial charge on any atom is 0.278 e. The lowest BCUT2D eigenvalue weighted by molar-refractivity contribution is -0.384. The number of nitrogens with zero attached hydrogens (tertiary/aromatic N) is 4. The minimum atomic E-state index is -0.480. The molecule has 0 unspecified atom stereocenters. The zero-order valence-corrected chi connectivity index (χ0v) is 18.9. The lowest BCUT2D eigenvalue weighted by atomic mass is 9.99. The highest BCUT2D eigenvalue weighted by Gasteiger charge is 2.27. The van der Waals surface area contributed by atoms with E-state index in [2.05, 4.69) is 10.4 Å². The van der Waals surface area contributed by atoms with Gasteiger partial charge in [0.2, 0.25) is 0 Å². The van der Waals surface area contributed by atoms with Crippen molar-refractivity contribution in [1.29, 1.82) is 0 Å². The van der Waals surface area contributed by atoms with Crippen molar-refractivity contribution in [3.8, 4) is 5.69 Å². The molecule has 36 heavy (non-hydrogen) atoms. The number of hydrogen-bond donors (Lipinski definition) is 1. The third kappa shape index (κ3) is 4.43. The number of nitro groups is 1. The van der Waals surface area contributed by atoms with Crippen molar-refractivity contribution in [3.63, 3.8) is 0 Å². The molecule has 0 saturated heterocycles. The molecule has 2 amide bonds. The highest BCUT2D eigenvalue weighted by Crippen LogP contribution is 2.34. The highest BCUT2D eigenvalue weighted by atomic mass is 19.1. The molecule has 0 radical (unpaired) electrons. The van der Waals surface area contributed by atoms with E-state index in [0.717, 1.165) is 5.56 Å². The van der Waals surface area contributed by atoms with Crippen LogP contribution in [0.1, 0.15) is 32.8 Å². The number of carbonyl (C=O) groups is 2. The van der Waals surface area contributed by atoms with Gasteiger partial charge in [-0.25, -0.2) is 9.07 Å². The van der Waals surface area contributed by atoms with E-state index >= 15 is 0 Å². The smallest absolute Gasteiger partial charge is 0.278 e. The summed E-state index contributed by atoms with van der Waals surface area (Å²) >= 11 is 0. The van der Waals surface area contributed by atoms with Crippen LogP contribution >= 0.6 is 0 Å². The number of carbonyl (C=O) groups excluding carboxylic acids is 2. The molecule has 1 N–H and O–H groups in total. The molecule has 0 atom stereocenters. The van der Waals surface area contributed by atoms with Gasteiger partial charge in [0, 0.05) is 41.8 Å². The van der Waals surface area contributed by atoms with Crippen molar-refractivity contribution in [2.24, 2.45) is 0 Å². The first-order valence-corrected chi connectivity index (χ1v) is 11.2. The molecule has 10 heteroatoms. The molecule has 180 valence electrons. The Hall–Kier alpha value is -4.86. The molecule has 0 saturated carbocycles. The largest absolute Gasteiger partial charge is 0.322 e. The van der Waals surface area contributed by atoms with Crippen LogP contribution in [0.4, 0.5) is 21.5 Å². The molecule has 1 aliphatic heterocycles. The van der Waals surface area contributed by atoms with Crippen LogP contribution in [0.2, 0.25) is 0 Å². The Morgan fingerprint density at radius 1 is 1.00 bits per heavy atom. The first-order valence-electron chi connectivity index (χ1n) is 11.2. The molecular weight excluding hydrogens is 465 g/mol. The number of rotatable bonds is 5. The molecule has 2 heterocycles. The van der Waals surface area contributed by atoms with Gasteiger partial charge in [0.15, 0.2) is 5.69 Å². The van der Waals surface area contributed by atoms with Gasteiger partial charge in [-0.15, -0.1) is 0 Å². The fourth-order valence-electron chi connectivity index (χ4n) is 4.20. The van der Waals surface area contributed by atoms with E-state index in [4.69, 9.17) is 0 Å². The van der Waals surface area contributed by atoms with Crippen LogP contribution < -0.4 is 10.2 Å². The van der Waals surface area contributed by atoms with Gasteiger partial charge in [0.1, 0.15) is 5.82 Å². The van der Waals surface area contributed by atoms with E-state index in [1.54, 1.807) is 41.4 Å².